The Kier molecular flexibility index (Phi) is 4.41. The number of nitrogens with one attached hydrogen (secondary N) is 2. The molecule has 0 amide bonds. The average Bonchev–Trinajstić information content (AvgIpc) is 3.18. The first-order valence-corrected chi connectivity index (χ1v) is 8.94. The molecule has 22 heavy (non-hydrogen) atoms. The van der Waals surface area contributed by atoms with Crippen LogP contribution in [-0.2, 0) is 0 Å². The van der Waals surface area contributed by atoms with Gasteiger partial charge in [-0.3, -0.25) is 0 Å². The molecule has 0 radical (unpaired) electrons. The first-order valence-electron chi connectivity index (χ1n) is 8.94. The highest BCUT2D eigenvalue weighted by Gasteiger charge is 2.42. The Morgan fingerprint density at radius 1 is 1.05 bits per heavy atom. The second-order valence-corrected chi connectivity index (χ2v) is 8.25. The van der Waals surface area contributed by atoms with Crippen LogP contribution in [0.2, 0.25) is 0 Å². The van der Waals surface area contributed by atoms with E-state index in [-0.39, 0.29) is 12.1 Å². The Morgan fingerprint density at radius 3 is 2.41 bits per heavy atom. The molecule has 3 rings (SSSR count). The van der Waals surface area contributed by atoms with Crippen molar-refractivity contribution in [3.05, 3.63) is 11.6 Å². The van der Waals surface area contributed by atoms with Gasteiger partial charge in [0.05, 0.1) is 11.2 Å². The molecule has 0 bridgehead atoms. The van der Waals surface area contributed by atoms with Crippen LogP contribution in [0.15, 0.2) is 11.6 Å². The molecule has 2 saturated heterocycles. The summed E-state index contributed by atoms with van der Waals surface area (Å²) in [5.74, 6) is 0.496. The maximum atomic E-state index is 11.0. The van der Waals surface area contributed by atoms with Gasteiger partial charge in [-0.25, -0.2) is 0 Å². The van der Waals surface area contributed by atoms with Crippen LogP contribution in [0.3, 0.4) is 0 Å². The summed E-state index contributed by atoms with van der Waals surface area (Å²) in [6.07, 6.45) is 8.83. The predicted octanol–water partition coefficient (Wildman–Crippen LogP) is 1.72. The minimum absolute atomic E-state index is 0.187. The molecule has 0 aromatic heterocycles. The van der Waals surface area contributed by atoms with Crippen LogP contribution in [0.25, 0.3) is 0 Å². The fourth-order valence-electron chi connectivity index (χ4n) is 4.54. The van der Waals surface area contributed by atoms with E-state index in [0.717, 1.165) is 45.1 Å². The van der Waals surface area contributed by atoms with Crippen molar-refractivity contribution in [3.63, 3.8) is 0 Å². The van der Waals surface area contributed by atoms with Crippen LogP contribution in [0, 0.1) is 5.92 Å². The largest absolute Gasteiger partial charge is 0.389 e. The van der Waals surface area contributed by atoms with Crippen LogP contribution in [-0.4, -0.2) is 46.1 Å². The molecule has 2 aliphatic heterocycles. The molecule has 0 aromatic rings. The van der Waals surface area contributed by atoms with Gasteiger partial charge in [0.15, 0.2) is 0 Å². The van der Waals surface area contributed by atoms with Crippen molar-refractivity contribution in [2.24, 2.45) is 5.92 Å². The molecule has 0 aromatic carbocycles. The summed E-state index contributed by atoms with van der Waals surface area (Å²) in [5, 5.41) is 28.2. The van der Waals surface area contributed by atoms with E-state index in [1.807, 2.05) is 20.8 Å². The number of rotatable bonds is 4. The quantitative estimate of drug-likeness (QED) is 0.597. The van der Waals surface area contributed by atoms with Crippen LogP contribution in [0.1, 0.15) is 59.3 Å². The number of aliphatic hydroxyl groups is 2. The topological polar surface area (TPSA) is 64.5 Å². The molecule has 126 valence electrons. The lowest BCUT2D eigenvalue weighted by molar-refractivity contribution is 0.0424. The fourth-order valence-corrected chi connectivity index (χ4v) is 4.54. The highest BCUT2D eigenvalue weighted by molar-refractivity contribution is 5.26. The summed E-state index contributed by atoms with van der Waals surface area (Å²) in [6, 6.07) is 0.839. The Bertz CT molecular complexity index is 433. The van der Waals surface area contributed by atoms with Gasteiger partial charge in [-0.05, 0) is 77.3 Å². The van der Waals surface area contributed by atoms with Crippen molar-refractivity contribution in [1.29, 1.82) is 0 Å². The minimum atomic E-state index is -0.709. The summed E-state index contributed by atoms with van der Waals surface area (Å²) in [6.45, 7) is 6.78. The van der Waals surface area contributed by atoms with E-state index >= 15 is 0 Å². The van der Waals surface area contributed by atoms with Crippen LogP contribution < -0.4 is 10.6 Å². The van der Waals surface area contributed by atoms with Crippen molar-refractivity contribution in [3.8, 4) is 0 Å². The second kappa shape index (κ2) is 5.90. The van der Waals surface area contributed by atoms with Crippen LogP contribution >= 0.6 is 0 Å². The normalized spacial score (nSPS) is 39.0. The summed E-state index contributed by atoms with van der Waals surface area (Å²) in [4.78, 5) is 0. The van der Waals surface area contributed by atoms with E-state index in [4.69, 9.17) is 0 Å². The third-order valence-electron chi connectivity index (χ3n) is 6.10. The first kappa shape index (κ1) is 16.4. The zero-order valence-corrected chi connectivity index (χ0v) is 14.2. The molecule has 4 nitrogen and oxygen atoms in total. The lowest BCUT2D eigenvalue weighted by atomic mass is 9.86. The highest BCUT2D eigenvalue weighted by Crippen LogP contribution is 2.39. The molecule has 2 fully saturated rings. The summed E-state index contributed by atoms with van der Waals surface area (Å²) < 4.78 is 0. The van der Waals surface area contributed by atoms with E-state index in [0.29, 0.717) is 12.0 Å². The molecule has 4 heteroatoms. The van der Waals surface area contributed by atoms with Gasteiger partial charge in [0, 0.05) is 18.1 Å². The van der Waals surface area contributed by atoms with Crippen LogP contribution in [0.5, 0.6) is 0 Å². The lowest BCUT2D eigenvalue weighted by Crippen LogP contribution is -2.46. The van der Waals surface area contributed by atoms with E-state index in [9.17, 15) is 10.2 Å². The van der Waals surface area contributed by atoms with Gasteiger partial charge in [0.25, 0.3) is 0 Å². The van der Waals surface area contributed by atoms with Crippen molar-refractivity contribution in [2.45, 2.75) is 88.6 Å². The fraction of sp³-hybridized carbons (Fsp3) is 0.889. The van der Waals surface area contributed by atoms with Crippen molar-refractivity contribution >= 4 is 0 Å². The van der Waals surface area contributed by atoms with Crippen LogP contribution in [0.4, 0.5) is 0 Å². The Labute approximate surface area is 134 Å². The SMILES string of the molecule is CC(C)(O)[C@@H]1CCC(C2C=C([C@@](C)(O)[C@@H]3CCCN3)CC2)N1. The minimum Gasteiger partial charge on any atom is -0.389 e. The summed E-state index contributed by atoms with van der Waals surface area (Å²) in [5.41, 5.74) is -0.149. The predicted molar refractivity (Wildman–Crippen MR) is 88.7 cm³/mol. The van der Waals surface area contributed by atoms with Crippen molar-refractivity contribution in [1.82, 2.24) is 10.6 Å². The lowest BCUT2D eigenvalue weighted by Gasteiger charge is -2.32. The molecule has 0 saturated carbocycles. The Morgan fingerprint density at radius 2 is 1.82 bits per heavy atom. The standard InChI is InChI=1S/C18H32N2O2/c1-17(2,21)15-9-8-14(20-15)12-6-7-13(11-12)18(3,22)16-5-4-10-19-16/h11-12,14-16,19-22H,4-10H2,1-3H3/t12?,14?,15-,16-,18+/m0/s1. The van der Waals surface area contributed by atoms with E-state index < -0.39 is 11.2 Å². The molecule has 0 spiro atoms. The van der Waals surface area contributed by atoms with E-state index in [1.165, 1.54) is 5.57 Å². The van der Waals surface area contributed by atoms with Gasteiger partial charge in [0.2, 0.25) is 0 Å². The maximum Gasteiger partial charge on any atom is 0.0981 e. The van der Waals surface area contributed by atoms with Gasteiger partial charge in [0.1, 0.15) is 0 Å². The zero-order valence-electron chi connectivity index (χ0n) is 14.2. The highest BCUT2D eigenvalue weighted by atomic mass is 16.3. The molecule has 4 N–H and O–H groups in total. The number of hydrogen-bond donors (Lipinski definition) is 4. The second-order valence-electron chi connectivity index (χ2n) is 8.25. The molecule has 5 atom stereocenters. The Balaban J connectivity index is 1.65. The molecule has 3 aliphatic rings. The van der Waals surface area contributed by atoms with Crippen molar-refractivity contribution in [2.75, 3.05) is 6.54 Å². The van der Waals surface area contributed by atoms with Gasteiger partial charge in [-0.1, -0.05) is 6.08 Å². The molecule has 2 heterocycles. The third kappa shape index (κ3) is 3.12. The van der Waals surface area contributed by atoms with Crippen molar-refractivity contribution < 1.29 is 10.2 Å². The van der Waals surface area contributed by atoms with Gasteiger partial charge >= 0.3 is 0 Å². The monoisotopic (exact) mass is 308 g/mol. The van der Waals surface area contributed by atoms with E-state index in [2.05, 4.69) is 16.7 Å². The molecule has 1 aliphatic carbocycles. The van der Waals surface area contributed by atoms with E-state index in [1.54, 1.807) is 0 Å². The van der Waals surface area contributed by atoms with Gasteiger partial charge < -0.3 is 20.8 Å². The molecule has 2 unspecified atom stereocenters. The maximum absolute atomic E-state index is 11.0. The van der Waals surface area contributed by atoms with Gasteiger partial charge in [-0.2, -0.15) is 0 Å². The molecular weight excluding hydrogens is 276 g/mol. The third-order valence-corrected chi connectivity index (χ3v) is 6.10. The van der Waals surface area contributed by atoms with Gasteiger partial charge in [-0.15, -0.1) is 0 Å². The summed E-state index contributed by atoms with van der Waals surface area (Å²) >= 11 is 0. The average molecular weight is 308 g/mol. The summed E-state index contributed by atoms with van der Waals surface area (Å²) in [7, 11) is 0. The Hall–Kier alpha value is -0.420. The smallest absolute Gasteiger partial charge is 0.0981 e. The zero-order chi connectivity index (χ0) is 16.0. The molecular formula is C18H32N2O2. The first-order chi connectivity index (χ1) is 10.3. The number of hydrogen-bond acceptors (Lipinski definition) is 4.